The molecule has 2 amide bonds. The van der Waals surface area contributed by atoms with Gasteiger partial charge < -0.3 is 39.6 Å². The fraction of sp³-hybridized carbons (Fsp3) is 0.302. The number of amides is 2. The largest absolute Gasteiger partial charge is 0.508 e. The number of aliphatic hydroxyl groups is 1. The number of cyclic esters (lactones) is 1. The molecule has 0 aliphatic carbocycles. The standard InChI is InChI=1S/C43H42N8O9/c1-6-25-27-15-24(10-11-32(27)46-36-30(25)20-50-33(36)17-28-31(41(50)56)21-59-42(57)37(28)54)60-43(58)49(5)14-13-45-40(55)39-48-47-38(51(39,7-2)23-9-8-12-44-19-23)29-16-26(22(3)4)34(52)18-35(29)53/h8-12,15-19,22,37,54H,6-7,13-14,20-21H2,1-5H3,(H2-,45,47,52,53,55)/p+1. The number of aromatic nitrogens is 3. The minimum atomic E-state index is -1.55. The highest BCUT2D eigenvalue weighted by Crippen LogP contribution is 2.40. The third-order valence-corrected chi connectivity index (χ3v) is 11.4. The first-order valence-electron chi connectivity index (χ1n) is 19.6. The van der Waals surface area contributed by atoms with Gasteiger partial charge in [0.15, 0.2) is 11.8 Å². The van der Waals surface area contributed by atoms with Crippen molar-refractivity contribution in [2.45, 2.75) is 59.3 Å². The van der Waals surface area contributed by atoms with Gasteiger partial charge in [-0.2, -0.15) is 4.48 Å². The number of carbonyl (C=O) groups is 3. The molecular weight excluding hydrogens is 773 g/mol. The monoisotopic (exact) mass is 815 g/mol. The van der Waals surface area contributed by atoms with Crippen LogP contribution in [0.5, 0.6) is 17.2 Å². The highest BCUT2D eigenvalue weighted by molar-refractivity contribution is 6.47. The maximum absolute atomic E-state index is 13.9. The van der Waals surface area contributed by atoms with Gasteiger partial charge in [-0.3, -0.25) is 14.6 Å². The van der Waals surface area contributed by atoms with E-state index in [1.165, 1.54) is 11.0 Å². The molecule has 308 valence electrons. The Bertz CT molecular complexity index is 2750. The lowest BCUT2D eigenvalue weighted by Gasteiger charge is -2.32. The number of fused-ring (bicyclic) bond motifs is 5. The van der Waals surface area contributed by atoms with E-state index in [0.717, 1.165) is 16.5 Å². The number of pyridine rings is 3. The summed E-state index contributed by atoms with van der Waals surface area (Å²) in [5.74, 6) is -1.13. The van der Waals surface area contributed by atoms with Gasteiger partial charge in [-0.25, -0.2) is 14.6 Å². The second kappa shape index (κ2) is 15.3. The number of hydrogen-bond donors (Lipinski definition) is 4. The number of nitrogens with zero attached hydrogens (tertiary/aromatic N) is 7. The van der Waals surface area contributed by atoms with Gasteiger partial charge in [0, 0.05) is 55.0 Å². The van der Waals surface area contributed by atoms with Crippen molar-refractivity contribution in [3.8, 4) is 28.6 Å². The molecule has 0 bridgehead atoms. The molecule has 0 saturated carbocycles. The van der Waals surface area contributed by atoms with Crippen molar-refractivity contribution in [1.29, 1.82) is 0 Å². The van der Waals surface area contributed by atoms with Crippen molar-refractivity contribution >= 4 is 46.2 Å². The molecule has 2 atom stereocenters. The van der Waals surface area contributed by atoms with Crippen LogP contribution in [0.1, 0.15) is 73.1 Å². The second-order valence-corrected chi connectivity index (χ2v) is 15.1. The smallest absolute Gasteiger partial charge is 0.415 e. The van der Waals surface area contributed by atoms with E-state index in [2.05, 4.69) is 20.5 Å². The number of likely N-dealkylation sites (N-methyl/N-ethyl adjacent to an activating group) is 2. The van der Waals surface area contributed by atoms with Gasteiger partial charge in [0.05, 0.1) is 41.8 Å². The Hall–Kier alpha value is -6.98. The van der Waals surface area contributed by atoms with E-state index in [9.17, 15) is 34.5 Å². The minimum Gasteiger partial charge on any atom is -0.508 e. The molecule has 2 unspecified atom stereocenters. The fourth-order valence-corrected chi connectivity index (χ4v) is 8.21. The zero-order valence-electron chi connectivity index (χ0n) is 33.6. The number of carbonyl (C=O) groups excluding carboxylic acids is 3. The molecule has 0 fully saturated rings. The molecule has 3 aliphatic rings. The first-order chi connectivity index (χ1) is 28.8. The molecule has 17 heteroatoms. The van der Waals surface area contributed by atoms with Crippen LogP contribution in [0.3, 0.4) is 0 Å². The van der Waals surface area contributed by atoms with Gasteiger partial charge in [-0.1, -0.05) is 31.0 Å². The average Bonchev–Trinajstić information content (AvgIpc) is 3.81. The summed E-state index contributed by atoms with van der Waals surface area (Å²) in [7, 11) is 1.54. The molecule has 2 aromatic carbocycles. The topological polar surface area (TPSA) is 218 Å². The number of benzene rings is 2. The van der Waals surface area contributed by atoms with Crippen molar-refractivity contribution in [3.63, 3.8) is 0 Å². The number of rotatable bonds is 10. The summed E-state index contributed by atoms with van der Waals surface area (Å²) < 4.78 is 12.1. The predicted octanol–water partition coefficient (Wildman–Crippen LogP) is 4.36. The Morgan fingerprint density at radius 1 is 1.07 bits per heavy atom. The lowest BCUT2D eigenvalue weighted by Crippen LogP contribution is -2.61. The van der Waals surface area contributed by atoms with Crippen LogP contribution in [0.2, 0.25) is 0 Å². The van der Waals surface area contributed by atoms with Crippen LogP contribution < -0.4 is 20.1 Å². The Labute approximate surface area is 343 Å². The van der Waals surface area contributed by atoms with Crippen LogP contribution in [0, 0.1) is 0 Å². The predicted molar refractivity (Wildman–Crippen MR) is 221 cm³/mol. The van der Waals surface area contributed by atoms with E-state index in [0.29, 0.717) is 40.1 Å². The average molecular weight is 816 g/mol. The molecule has 6 heterocycles. The number of quaternary nitrogens is 1. The second-order valence-electron chi connectivity index (χ2n) is 15.1. The van der Waals surface area contributed by atoms with E-state index >= 15 is 0 Å². The van der Waals surface area contributed by atoms with Crippen molar-refractivity contribution in [1.82, 2.24) is 29.2 Å². The van der Waals surface area contributed by atoms with Gasteiger partial charge in [-0.15, -0.1) is 0 Å². The summed E-state index contributed by atoms with van der Waals surface area (Å²) >= 11 is 0. The number of aromatic hydroxyl groups is 2. The lowest BCUT2D eigenvalue weighted by atomic mass is 9.97. The normalized spacial score (nSPS) is 17.7. The van der Waals surface area contributed by atoms with Crippen molar-refractivity contribution in [2.24, 2.45) is 10.2 Å². The maximum Gasteiger partial charge on any atom is 0.415 e. The maximum atomic E-state index is 13.9. The lowest BCUT2D eigenvalue weighted by molar-refractivity contribution is -0.157. The van der Waals surface area contributed by atoms with Gasteiger partial charge in [-0.05, 0) is 66.8 Å². The molecule has 60 heavy (non-hydrogen) atoms. The Morgan fingerprint density at radius 2 is 1.87 bits per heavy atom. The van der Waals surface area contributed by atoms with Gasteiger partial charge in [0.2, 0.25) is 0 Å². The zero-order valence-corrected chi connectivity index (χ0v) is 33.6. The molecule has 3 aromatic heterocycles. The summed E-state index contributed by atoms with van der Waals surface area (Å²) in [5, 5.41) is 44.4. The molecule has 5 aromatic rings. The fourth-order valence-electron chi connectivity index (χ4n) is 8.21. The number of aryl methyl sites for hydroxylation is 1. The first kappa shape index (κ1) is 39.8. The number of phenolic OH excluding ortho intramolecular Hbond substituents is 2. The molecule has 3 aliphatic heterocycles. The van der Waals surface area contributed by atoms with Crippen LogP contribution in [0.4, 0.5) is 10.5 Å². The number of ether oxygens (including phenoxy) is 2. The molecule has 8 rings (SSSR count). The zero-order chi connectivity index (χ0) is 42.6. The highest BCUT2D eigenvalue weighted by Gasteiger charge is 2.51. The first-order valence-corrected chi connectivity index (χ1v) is 19.6. The van der Waals surface area contributed by atoms with Crippen LogP contribution in [0.25, 0.3) is 22.3 Å². The Balaban J connectivity index is 0.975. The number of amidine groups is 2. The van der Waals surface area contributed by atoms with Crippen LogP contribution >= 0.6 is 0 Å². The number of esters is 1. The number of phenols is 2. The van der Waals surface area contributed by atoms with E-state index < -0.39 is 24.1 Å². The molecule has 0 spiro atoms. The van der Waals surface area contributed by atoms with E-state index in [1.54, 1.807) is 66.5 Å². The Kier molecular flexibility index (Phi) is 10.2. The quantitative estimate of drug-likeness (QED) is 0.113. The molecule has 0 radical (unpaired) electrons. The molecule has 17 nitrogen and oxygen atoms in total. The van der Waals surface area contributed by atoms with E-state index in [1.807, 2.05) is 27.7 Å². The van der Waals surface area contributed by atoms with Gasteiger partial charge >= 0.3 is 23.8 Å². The van der Waals surface area contributed by atoms with Crippen LogP contribution in [-0.2, 0) is 33.9 Å². The van der Waals surface area contributed by atoms with Crippen LogP contribution in [0.15, 0.2) is 75.9 Å². The van der Waals surface area contributed by atoms with Gasteiger partial charge in [0.25, 0.3) is 11.4 Å². The number of hydrogen-bond acceptors (Lipinski definition) is 13. The SMILES string of the molecule is CCc1c2c(nc3ccc(OC(=O)N(C)CCNC(=O)C4=NN=C(c5cc(C(C)C)c(O)cc5O)[N+]4(CC)c4cccnc4)cc13)-c1cc3c(c(=O)n1C2)COC(=O)C3O. The highest BCUT2D eigenvalue weighted by atomic mass is 16.6. The van der Waals surface area contributed by atoms with Crippen molar-refractivity contribution in [2.75, 3.05) is 26.7 Å². The van der Waals surface area contributed by atoms with Crippen molar-refractivity contribution < 1.29 is 39.2 Å². The third kappa shape index (κ3) is 6.42. The summed E-state index contributed by atoms with van der Waals surface area (Å²) in [6.07, 6.45) is 1.57. The molecular formula is C43H43N8O9+. The van der Waals surface area contributed by atoms with E-state index in [4.69, 9.17) is 14.5 Å². The van der Waals surface area contributed by atoms with Crippen molar-refractivity contribution in [3.05, 3.63) is 105 Å². The number of aliphatic hydroxyl groups excluding tert-OH is 1. The summed E-state index contributed by atoms with van der Waals surface area (Å²) in [6.45, 7) is 8.08. The summed E-state index contributed by atoms with van der Waals surface area (Å²) in [5.41, 5.74) is 5.01. The van der Waals surface area contributed by atoms with E-state index in [-0.39, 0.29) is 88.8 Å². The number of nitrogens with one attached hydrogen (secondary N) is 1. The Morgan fingerprint density at radius 3 is 2.58 bits per heavy atom. The molecule has 0 saturated heterocycles. The summed E-state index contributed by atoms with van der Waals surface area (Å²) in [4.78, 5) is 63.3. The third-order valence-electron chi connectivity index (χ3n) is 11.4. The molecule has 4 N–H and O–H groups in total. The summed E-state index contributed by atoms with van der Waals surface area (Å²) in [6, 6.07) is 13.2. The van der Waals surface area contributed by atoms with Crippen LogP contribution in [-0.4, -0.2) is 91.1 Å². The minimum absolute atomic E-state index is 0.0292. The van der Waals surface area contributed by atoms with Gasteiger partial charge in [0.1, 0.15) is 29.4 Å².